The van der Waals surface area contributed by atoms with E-state index in [1.165, 1.54) is 11.1 Å². The standard InChI is InChI=1S/C19H24N4O/c1-14-6-7-16(11-15(14)2)18-12-17(22-19(13-20)23-18)5-4-8-21-9-10-24-3/h6-7,11-12,21H,4-5,8-10H2,1-3H3. The summed E-state index contributed by atoms with van der Waals surface area (Å²) in [6.45, 7) is 6.62. The number of methoxy groups -OCH3 is 1. The van der Waals surface area contributed by atoms with Crippen LogP contribution in [0, 0.1) is 25.2 Å². The average Bonchev–Trinajstić information content (AvgIpc) is 2.60. The largest absolute Gasteiger partial charge is 0.383 e. The van der Waals surface area contributed by atoms with Gasteiger partial charge in [0.2, 0.25) is 5.82 Å². The Kier molecular flexibility index (Phi) is 6.86. The summed E-state index contributed by atoms with van der Waals surface area (Å²) in [6.07, 6.45) is 1.77. The Balaban J connectivity index is 2.10. The van der Waals surface area contributed by atoms with E-state index in [4.69, 9.17) is 4.74 Å². The van der Waals surface area contributed by atoms with Gasteiger partial charge >= 0.3 is 0 Å². The van der Waals surface area contributed by atoms with Gasteiger partial charge < -0.3 is 10.1 Å². The third kappa shape index (κ3) is 5.12. The molecular weight excluding hydrogens is 300 g/mol. The second-order valence-corrected chi connectivity index (χ2v) is 5.83. The Hall–Kier alpha value is -2.29. The van der Waals surface area contributed by atoms with E-state index in [0.29, 0.717) is 6.61 Å². The van der Waals surface area contributed by atoms with E-state index in [2.05, 4.69) is 47.3 Å². The first-order valence-electron chi connectivity index (χ1n) is 8.19. The minimum Gasteiger partial charge on any atom is -0.383 e. The van der Waals surface area contributed by atoms with Crippen molar-refractivity contribution in [2.75, 3.05) is 26.8 Å². The van der Waals surface area contributed by atoms with Crippen molar-refractivity contribution in [1.82, 2.24) is 15.3 Å². The van der Waals surface area contributed by atoms with Crippen LogP contribution in [0.2, 0.25) is 0 Å². The molecule has 1 aromatic heterocycles. The summed E-state index contributed by atoms with van der Waals surface area (Å²) in [7, 11) is 1.69. The molecule has 2 aromatic rings. The van der Waals surface area contributed by atoms with Crippen LogP contribution in [-0.4, -0.2) is 36.8 Å². The van der Waals surface area contributed by atoms with Gasteiger partial charge in [0.05, 0.1) is 12.3 Å². The second-order valence-electron chi connectivity index (χ2n) is 5.83. The van der Waals surface area contributed by atoms with Crippen LogP contribution in [0.15, 0.2) is 24.3 Å². The van der Waals surface area contributed by atoms with Crippen LogP contribution in [0.4, 0.5) is 0 Å². The van der Waals surface area contributed by atoms with E-state index < -0.39 is 0 Å². The fourth-order valence-corrected chi connectivity index (χ4v) is 2.42. The van der Waals surface area contributed by atoms with Crippen LogP contribution >= 0.6 is 0 Å². The van der Waals surface area contributed by atoms with Gasteiger partial charge in [0, 0.05) is 24.9 Å². The molecule has 0 atom stereocenters. The molecule has 0 aliphatic carbocycles. The molecule has 0 fully saturated rings. The summed E-state index contributed by atoms with van der Waals surface area (Å²) in [5, 5.41) is 12.5. The predicted molar refractivity (Wildman–Crippen MR) is 94.7 cm³/mol. The number of benzene rings is 1. The molecule has 24 heavy (non-hydrogen) atoms. The zero-order chi connectivity index (χ0) is 17.4. The van der Waals surface area contributed by atoms with Gasteiger partial charge in [-0.2, -0.15) is 5.26 Å². The van der Waals surface area contributed by atoms with Crippen molar-refractivity contribution in [2.24, 2.45) is 0 Å². The molecule has 0 unspecified atom stereocenters. The Labute approximate surface area is 143 Å². The van der Waals surface area contributed by atoms with Crippen LogP contribution < -0.4 is 5.32 Å². The Morgan fingerprint density at radius 1 is 1.12 bits per heavy atom. The van der Waals surface area contributed by atoms with Gasteiger partial charge in [0.15, 0.2) is 0 Å². The van der Waals surface area contributed by atoms with Crippen molar-refractivity contribution in [1.29, 1.82) is 5.26 Å². The van der Waals surface area contributed by atoms with Crippen LogP contribution in [0.5, 0.6) is 0 Å². The van der Waals surface area contributed by atoms with Gasteiger partial charge in [-0.05, 0) is 56.5 Å². The molecule has 0 saturated carbocycles. The highest BCUT2D eigenvalue weighted by Gasteiger charge is 2.07. The summed E-state index contributed by atoms with van der Waals surface area (Å²) in [5.41, 5.74) is 5.20. The number of nitrogens with one attached hydrogen (secondary N) is 1. The summed E-state index contributed by atoms with van der Waals surface area (Å²) in [6, 6.07) is 10.3. The number of hydrogen-bond acceptors (Lipinski definition) is 5. The molecule has 1 heterocycles. The molecular formula is C19H24N4O. The van der Waals surface area contributed by atoms with E-state index in [1.807, 2.05) is 12.1 Å². The fourth-order valence-electron chi connectivity index (χ4n) is 2.42. The highest BCUT2D eigenvalue weighted by atomic mass is 16.5. The fraction of sp³-hybridized carbons (Fsp3) is 0.421. The molecule has 0 aliphatic heterocycles. The minimum atomic E-state index is 0.230. The lowest BCUT2D eigenvalue weighted by molar-refractivity contribution is 0.199. The van der Waals surface area contributed by atoms with Crippen molar-refractivity contribution >= 4 is 0 Å². The van der Waals surface area contributed by atoms with Crippen molar-refractivity contribution in [3.8, 4) is 17.3 Å². The monoisotopic (exact) mass is 324 g/mol. The van der Waals surface area contributed by atoms with E-state index in [-0.39, 0.29) is 5.82 Å². The number of nitriles is 1. The van der Waals surface area contributed by atoms with Crippen molar-refractivity contribution in [3.63, 3.8) is 0 Å². The molecule has 0 saturated heterocycles. The Morgan fingerprint density at radius 2 is 1.96 bits per heavy atom. The smallest absolute Gasteiger partial charge is 0.232 e. The highest BCUT2D eigenvalue weighted by Crippen LogP contribution is 2.21. The minimum absolute atomic E-state index is 0.230. The van der Waals surface area contributed by atoms with Crippen LogP contribution in [0.1, 0.15) is 29.1 Å². The molecule has 5 heteroatoms. The molecule has 0 aliphatic rings. The third-order valence-corrected chi connectivity index (χ3v) is 3.95. The summed E-state index contributed by atoms with van der Waals surface area (Å²) in [5.74, 6) is 0.230. The lowest BCUT2D eigenvalue weighted by atomic mass is 10.0. The Bertz CT molecular complexity index is 722. The Morgan fingerprint density at radius 3 is 2.67 bits per heavy atom. The first-order valence-corrected chi connectivity index (χ1v) is 8.19. The summed E-state index contributed by atoms with van der Waals surface area (Å²) < 4.78 is 5.00. The lowest BCUT2D eigenvalue weighted by Crippen LogP contribution is -2.20. The number of aryl methyl sites for hydroxylation is 3. The predicted octanol–water partition coefficient (Wildman–Crippen LogP) is 2.80. The van der Waals surface area contributed by atoms with Gasteiger partial charge in [-0.1, -0.05) is 12.1 Å². The number of rotatable bonds is 8. The van der Waals surface area contributed by atoms with Gasteiger partial charge in [-0.15, -0.1) is 0 Å². The van der Waals surface area contributed by atoms with E-state index in [9.17, 15) is 5.26 Å². The zero-order valence-electron chi connectivity index (χ0n) is 14.6. The maximum Gasteiger partial charge on any atom is 0.232 e. The van der Waals surface area contributed by atoms with Gasteiger partial charge in [-0.25, -0.2) is 9.97 Å². The second kappa shape index (κ2) is 9.11. The van der Waals surface area contributed by atoms with E-state index >= 15 is 0 Å². The van der Waals surface area contributed by atoms with Gasteiger partial charge in [0.25, 0.3) is 0 Å². The first-order chi connectivity index (χ1) is 11.6. The molecule has 5 nitrogen and oxygen atoms in total. The van der Waals surface area contributed by atoms with Crippen LogP contribution in [0.3, 0.4) is 0 Å². The van der Waals surface area contributed by atoms with Crippen LogP contribution in [0.25, 0.3) is 11.3 Å². The van der Waals surface area contributed by atoms with Crippen molar-refractivity contribution < 1.29 is 4.74 Å². The zero-order valence-corrected chi connectivity index (χ0v) is 14.6. The average molecular weight is 324 g/mol. The molecule has 0 spiro atoms. The maximum atomic E-state index is 9.20. The van der Waals surface area contributed by atoms with Gasteiger partial charge in [0.1, 0.15) is 6.07 Å². The summed E-state index contributed by atoms with van der Waals surface area (Å²) >= 11 is 0. The number of hydrogen-bond donors (Lipinski definition) is 1. The number of aromatic nitrogens is 2. The highest BCUT2D eigenvalue weighted by molar-refractivity contribution is 5.61. The molecule has 2 rings (SSSR count). The topological polar surface area (TPSA) is 70.8 Å². The number of ether oxygens (including phenoxy) is 1. The van der Waals surface area contributed by atoms with Gasteiger partial charge in [-0.3, -0.25) is 0 Å². The summed E-state index contributed by atoms with van der Waals surface area (Å²) in [4.78, 5) is 8.68. The van der Waals surface area contributed by atoms with Crippen LogP contribution in [-0.2, 0) is 11.2 Å². The quantitative estimate of drug-likeness (QED) is 0.756. The third-order valence-electron chi connectivity index (χ3n) is 3.95. The van der Waals surface area contributed by atoms with Crippen molar-refractivity contribution in [3.05, 3.63) is 46.9 Å². The first kappa shape index (κ1) is 18.1. The maximum absolute atomic E-state index is 9.20. The van der Waals surface area contributed by atoms with Crippen molar-refractivity contribution in [2.45, 2.75) is 26.7 Å². The SMILES string of the molecule is COCCNCCCc1cc(-c2ccc(C)c(C)c2)nc(C#N)n1. The molecule has 0 amide bonds. The lowest BCUT2D eigenvalue weighted by Gasteiger charge is -2.08. The molecule has 1 aromatic carbocycles. The number of nitrogens with zero attached hydrogens (tertiary/aromatic N) is 3. The van der Waals surface area contributed by atoms with E-state index in [1.54, 1.807) is 7.11 Å². The molecule has 0 bridgehead atoms. The van der Waals surface area contributed by atoms with E-state index in [0.717, 1.165) is 42.9 Å². The molecule has 126 valence electrons. The molecule has 1 N–H and O–H groups in total. The normalized spacial score (nSPS) is 10.6. The molecule has 0 radical (unpaired) electrons.